The van der Waals surface area contributed by atoms with Crippen LogP contribution in [0.1, 0.15) is 5.56 Å². The van der Waals surface area contributed by atoms with Gasteiger partial charge in [0.1, 0.15) is 18.0 Å². The van der Waals surface area contributed by atoms with Crippen molar-refractivity contribution in [1.82, 2.24) is 20.2 Å². The number of halogens is 2. The van der Waals surface area contributed by atoms with E-state index in [1.165, 1.54) is 12.1 Å². The van der Waals surface area contributed by atoms with Gasteiger partial charge in [0.05, 0.1) is 14.0 Å². The predicted molar refractivity (Wildman–Crippen MR) is 108 cm³/mol. The normalized spacial score (nSPS) is 14.6. The number of nitrogens with one attached hydrogen (secondary N) is 1. The largest absolute Gasteiger partial charge is 0.352 e. The minimum absolute atomic E-state index is 0.106. The first kappa shape index (κ1) is 18.1. The van der Waals surface area contributed by atoms with Crippen LogP contribution in [0.2, 0.25) is 0 Å². The number of fused-ring (bicyclic) bond motifs is 1. The van der Waals surface area contributed by atoms with Gasteiger partial charge in [-0.3, -0.25) is 0 Å². The summed E-state index contributed by atoms with van der Waals surface area (Å²) < 4.78 is 15.0. The van der Waals surface area contributed by atoms with Crippen molar-refractivity contribution in [2.24, 2.45) is 0 Å². The number of carbonyl (C=O) groups excluding carboxylic acids is 1. The zero-order valence-electron chi connectivity index (χ0n) is 14.4. The molecule has 1 aliphatic rings. The second kappa shape index (κ2) is 7.77. The third kappa shape index (κ3) is 4.03. The Labute approximate surface area is 168 Å². The van der Waals surface area contributed by atoms with Crippen LogP contribution in [0.3, 0.4) is 0 Å². The molecule has 0 aliphatic carbocycles. The highest BCUT2D eigenvalue weighted by molar-refractivity contribution is 9.11. The maximum absolute atomic E-state index is 12.9. The van der Waals surface area contributed by atoms with Gasteiger partial charge in [0.15, 0.2) is 0 Å². The number of carbonyl (C=O) groups is 1. The molecule has 0 saturated carbocycles. The molecule has 9 heteroatoms. The SMILES string of the molecule is O=C(NCc1ccc(F)cc1)N1CCN(c2ncnc3cc(Br)sc23)CC1. The van der Waals surface area contributed by atoms with Gasteiger partial charge in [0.2, 0.25) is 0 Å². The van der Waals surface area contributed by atoms with Crippen LogP contribution in [-0.2, 0) is 6.54 Å². The van der Waals surface area contributed by atoms with Gasteiger partial charge in [-0.25, -0.2) is 19.2 Å². The fourth-order valence-electron chi connectivity index (χ4n) is 3.05. The fourth-order valence-corrected chi connectivity index (χ4v) is 4.61. The van der Waals surface area contributed by atoms with Gasteiger partial charge in [-0.2, -0.15) is 0 Å². The van der Waals surface area contributed by atoms with E-state index >= 15 is 0 Å². The third-order valence-corrected chi connectivity index (χ3v) is 6.11. The number of rotatable bonds is 3. The highest BCUT2D eigenvalue weighted by Crippen LogP contribution is 2.34. The lowest BCUT2D eigenvalue weighted by Crippen LogP contribution is -2.51. The van der Waals surface area contributed by atoms with Crippen molar-refractivity contribution in [3.63, 3.8) is 0 Å². The Morgan fingerprint density at radius 1 is 1.19 bits per heavy atom. The monoisotopic (exact) mass is 449 g/mol. The number of benzene rings is 1. The molecule has 2 aromatic heterocycles. The molecule has 4 rings (SSSR count). The van der Waals surface area contributed by atoms with Gasteiger partial charge < -0.3 is 15.1 Å². The van der Waals surface area contributed by atoms with E-state index in [1.54, 1.807) is 34.7 Å². The van der Waals surface area contributed by atoms with Crippen molar-refractivity contribution in [1.29, 1.82) is 0 Å². The number of amides is 2. The molecule has 1 fully saturated rings. The van der Waals surface area contributed by atoms with Crippen LogP contribution < -0.4 is 10.2 Å². The van der Waals surface area contributed by atoms with Gasteiger partial charge in [0, 0.05) is 32.7 Å². The Morgan fingerprint density at radius 3 is 2.67 bits per heavy atom. The summed E-state index contributed by atoms with van der Waals surface area (Å²) in [6.45, 7) is 3.05. The van der Waals surface area contributed by atoms with Crippen LogP contribution in [0.25, 0.3) is 10.2 Å². The number of anilines is 1. The minimum Gasteiger partial charge on any atom is -0.352 e. The lowest BCUT2D eigenvalue weighted by molar-refractivity contribution is 0.194. The van der Waals surface area contributed by atoms with Crippen molar-refractivity contribution < 1.29 is 9.18 Å². The molecule has 1 N–H and O–H groups in total. The van der Waals surface area contributed by atoms with Crippen molar-refractivity contribution in [2.75, 3.05) is 31.1 Å². The Morgan fingerprint density at radius 2 is 1.93 bits per heavy atom. The summed E-state index contributed by atoms with van der Waals surface area (Å²) in [7, 11) is 0. The van der Waals surface area contributed by atoms with Gasteiger partial charge in [0.25, 0.3) is 0 Å². The molecular weight excluding hydrogens is 433 g/mol. The lowest BCUT2D eigenvalue weighted by atomic mass is 10.2. The summed E-state index contributed by atoms with van der Waals surface area (Å²) >= 11 is 5.12. The standard InChI is InChI=1S/C18H17BrFN5OS/c19-15-9-14-16(27-15)17(23-11-22-14)24-5-7-25(8-6-24)18(26)21-10-12-1-3-13(20)4-2-12/h1-4,9,11H,5-8,10H2,(H,21,26). The van der Waals surface area contributed by atoms with E-state index in [9.17, 15) is 9.18 Å². The quantitative estimate of drug-likeness (QED) is 0.662. The molecule has 140 valence electrons. The number of hydrogen-bond donors (Lipinski definition) is 1. The predicted octanol–water partition coefficient (Wildman–Crippen LogP) is 3.62. The topological polar surface area (TPSA) is 61.4 Å². The average molecular weight is 450 g/mol. The van der Waals surface area contributed by atoms with Gasteiger partial charge in [-0.05, 0) is 39.7 Å². The lowest BCUT2D eigenvalue weighted by Gasteiger charge is -2.35. The fraction of sp³-hybridized carbons (Fsp3) is 0.278. The number of hydrogen-bond acceptors (Lipinski definition) is 5. The molecular formula is C18H17BrFN5OS. The van der Waals surface area contributed by atoms with Gasteiger partial charge in [-0.15, -0.1) is 11.3 Å². The second-order valence-electron chi connectivity index (χ2n) is 6.22. The molecule has 27 heavy (non-hydrogen) atoms. The number of aromatic nitrogens is 2. The van der Waals surface area contributed by atoms with Crippen molar-refractivity contribution in [2.45, 2.75) is 6.54 Å². The van der Waals surface area contributed by atoms with Crippen LogP contribution >= 0.6 is 27.3 Å². The molecule has 3 heterocycles. The summed E-state index contributed by atoms with van der Waals surface area (Å²) in [5.74, 6) is 0.639. The molecule has 3 aromatic rings. The van der Waals surface area contributed by atoms with Gasteiger partial charge in [-0.1, -0.05) is 12.1 Å². The molecule has 1 aromatic carbocycles. The maximum atomic E-state index is 12.9. The van der Waals surface area contributed by atoms with Crippen LogP contribution in [-0.4, -0.2) is 47.1 Å². The maximum Gasteiger partial charge on any atom is 0.317 e. The highest BCUT2D eigenvalue weighted by atomic mass is 79.9. The number of piperazine rings is 1. The van der Waals surface area contributed by atoms with E-state index in [0.717, 1.165) is 25.4 Å². The first-order chi connectivity index (χ1) is 13.1. The molecule has 0 spiro atoms. The van der Waals surface area contributed by atoms with E-state index in [2.05, 4.69) is 36.1 Å². The Balaban J connectivity index is 1.35. The molecule has 0 bridgehead atoms. The summed E-state index contributed by atoms with van der Waals surface area (Å²) in [4.78, 5) is 25.1. The van der Waals surface area contributed by atoms with Crippen molar-refractivity contribution >= 4 is 49.3 Å². The van der Waals surface area contributed by atoms with E-state index < -0.39 is 0 Å². The molecule has 0 atom stereocenters. The average Bonchev–Trinajstić information content (AvgIpc) is 3.07. The first-order valence-electron chi connectivity index (χ1n) is 8.52. The second-order valence-corrected chi connectivity index (χ2v) is 8.65. The Kier molecular flexibility index (Phi) is 5.22. The molecule has 0 radical (unpaired) electrons. The Hall–Kier alpha value is -2.26. The molecule has 6 nitrogen and oxygen atoms in total. The van der Waals surface area contributed by atoms with E-state index in [1.807, 2.05) is 6.07 Å². The molecule has 2 amide bonds. The highest BCUT2D eigenvalue weighted by Gasteiger charge is 2.23. The van der Waals surface area contributed by atoms with Crippen LogP contribution in [0.4, 0.5) is 15.0 Å². The third-order valence-electron chi connectivity index (χ3n) is 4.49. The summed E-state index contributed by atoms with van der Waals surface area (Å²) in [6.07, 6.45) is 1.58. The minimum atomic E-state index is -0.280. The summed E-state index contributed by atoms with van der Waals surface area (Å²) in [5.41, 5.74) is 1.80. The zero-order valence-corrected chi connectivity index (χ0v) is 16.8. The first-order valence-corrected chi connectivity index (χ1v) is 10.1. The van der Waals surface area contributed by atoms with E-state index in [-0.39, 0.29) is 11.8 Å². The van der Waals surface area contributed by atoms with Crippen LogP contribution in [0.15, 0.2) is 40.4 Å². The summed E-state index contributed by atoms with van der Waals surface area (Å²) in [5, 5.41) is 2.89. The number of thiophene rings is 1. The molecule has 0 unspecified atom stereocenters. The number of urea groups is 1. The summed E-state index contributed by atoms with van der Waals surface area (Å²) in [6, 6.07) is 8.02. The van der Waals surface area contributed by atoms with Crippen LogP contribution in [0.5, 0.6) is 0 Å². The molecule has 1 saturated heterocycles. The van der Waals surface area contributed by atoms with Crippen LogP contribution in [0, 0.1) is 5.82 Å². The molecule has 1 aliphatic heterocycles. The van der Waals surface area contributed by atoms with E-state index in [0.29, 0.717) is 32.7 Å². The van der Waals surface area contributed by atoms with Gasteiger partial charge >= 0.3 is 6.03 Å². The smallest absolute Gasteiger partial charge is 0.317 e. The zero-order chi connectivity index (χ0) is 18.8. The van der Waals surface area contributed by atoms with Crippen molar-refractivity contribution in [3.05, 3.63) is 51.8 Å². The van der Waals surface area contributed by atoms with Crippen molar-refractivity contribution in [3.8, 4) is 0 Å². The Bertz CT molecular complexity index is 956. The number of nitrogens with zero attached hydrogens (tertiary/aromatic N) is 4. The van der Waals surface area contributed by atoms with E-state index in [4.69, 9.17) is 0 Å².